The van der Waals surface area contributed by atoms with E-state index in [0.717, 1.165) is 0 Å². The van der Waals surface area contributed by atoms with Crippen molar-refractivity contribution in [3.8, 4) is 0 Å². The Kier molecular flexibility index (Phi) is 14.5. The zero-order valence-corrected chi connectivity index (χ0v) is 17.1. The Bertz CT molecular complexity index is 221. The van der Waals surface area contributed by atoms with Crippen LogP contribution in [0.3, 0.4) is 0 Å². The Morgan fingerprint density at radius 2 is 0.864 bits per heavy atom. The molecule has 22 heavy (non-hydrogen) atoms. The zero-order chi connectivity index (χ0) is 14.9. The van der Waals surface area contributed by atoms with Crippen LogP contribution in [0.25, 0.3) is 0 Å². The number of unbranched alkanes of at least 4 members (excludes halogenated alkanes) is 2. The van der Waals surface area contributed by atoms with Gasteiger partial charge in [-0.3, -0.25) is 0 Å². The maximum Gasteiger partial charge on any atom is 0.0786 e. The Morgan fingerprint density at radius 1 is 0.591 bits per heavy atom. The monoisotopic (exact) mass is 354 g/mol. The Morgan fingerprint density at radius 3 is 1.09 bits per heavy atom. The van der Waals surface area contributed by atoms with E-state index < -0.39 is 0 Å². The van der Waals surface area contributed by atoms with Crippen LogP contribution >= 0.6 is 0 Å². The first kappa shape index (κ1) is 24.7. The molecule has 0 amide bonds. The molecule has 0 aromatic heterocycles. The van der Waals surface area contributed by atoms with Gasteiger partial charge in [0.2, 0.25) is 0 Å². The highest BCUT2D eigenvalue weighted by Gasteiger charge is 2.25. The molecule has 0 aliphatic carbocycles. The van der Waals surface area contributed by atoms with Crippen LogP contribution in [-0.4, -0.2) is 62.3 Å². The van der Waals surface area contributed by atoms with E-state index in [0.29, 0.717) is 0 Å². The molecule has 0 aromatic carbocycles. The van der Waals surface area contributed by atoms with E-state index >= 15 is 0 Å². The number of nitrogens with zero attached hydrogens (tertiary/aromatic N) is 2. The first-order valence-corrected chi connectivity index (χ1v) is 9.21. The van der Waals surface area contributed by atoms with E-state index in [1.54, 1.807) is 0 Å². The summed E-state index contributed by atoms with van der Waals surface area (Å²) in [6.07, 6.45) is 11.4. The minimum absolute atomic E-state index is 0. The van der Waals surface area contributed by atoms with Gasteiger partial charge in [0, 0.05) is 25.7 Å². The Labute approximate surface area is 152 Å². The number of hydrogen-bond donors (Lipinski definition) is 0. The quantitative estimate of drug-likeness (QED) is 0.487. The maximum absolute atomic E-state index is 2.41. The van der Waals surface area contributed by atoms with Crippen LogP contribution in [-0.2, 0) is 0 Å². The second-order valence-corrected chi connectivity index (χ2v) is 7.70. The predicted octanol–water partition coefficient (Wildman–Crippen LogP) is -1.94. The van der Waals surface area contributed by atoms with E-state index in [1.165, 1.54) is 99.6 Å². The molecule has 0 radical (unpaired) electrons. The molecule has 2 rings (SSSR count). The van der Waals surface area contributed by atoms with Crippen molar-refractivity contribution in [2.45, 2.75) is 65.2 Å². The molecule has 0 saturated carbocycles. The molecule has 2 fully saturated rings. The summed E-state index contributed by atoms with van der Waals surface area (Å²) < 4.78 is 2.71. The summed E-state index contributed by atoms with van der Waals surface area (Å²) in [7, 11) is 4.81. The van der Waals surface area contributed by atoms with Gasteiger partial charge in [-0.05, 0) is 12.8 Å². The van der Waals surface area contributed by atoms with Gasteiger partial charge in [-0.2, -0.15) is 0 Å². The first-order valence-electron chi connectivity index (χ1n) is 9.21. The fourth-order valence-electron chi connectivity index (χ4n) is 3.72. The van der Waals surface area contributed by atoms with Crippen molar-refractivity contribution < 1.29 is 33.8 Å². The molecule has 0 spiro atoms. The average Bonchev–Trinajstić information content (AvgIpc) is 3.05. The molecule has 136 valence electrons. The number of hydrogen-bond acceptors (Lipinski definition) is 0. The smallest absolute Gasteiger partial charge is 0.0786 e. The number of likely N-dealkylation sites (tertiary alicyclic amines) is 2. The van der Waals surface area contributed by atoms with Crippen molar-refractivity contribution in [2.24, 2.45) is 0 Å². The molecule has 0 bridgehead atoms. The van der Waals surface area contributed by atoms with E-state index in [2.05, 4.69) is 27.9 Å². The largest absolute Gasteiger partial charge is 1.00 e. The molecule has 2 heterocycles. The molecular weight excluding hydrogens is 315 g/mol. The molecule has 4 heteroatoms. The van der Waals surface area contributed by atoms with Crippen LogP contribution in [0, 0.1) is 0 Å². The van der Waals surface area contributed by atoms with Gasteiger partial charge in [0.05, 0.1) is 53.4 Å². The molecule has 2 nitrogen and oxygen atoms in total. The summed E-state index contributed by atoms with van der Waals surface area (Å²) in [5, 5.41) is 0. The second kappa shape index (κ2) is 12.9. The number of halogens is 2. The Hall–Kier alpha value is 0.500. The number of rotatable bonds is 6. The van der Waals surface area contributed by atoms with Gasteiger partial charge in [0.25, 0.3) is 0 Å². The normalized spacial score (nSPS) is 21.3. The van der Waals surface area contributed by atoms with Crippen LogP contribution < -0.4 is 24.8 Å². The van der Waals surface area contributed by atoms with Gasteiger partial charge in [-0.15, -0.1) is 0 Å². The topological polar surface area (TPSA) is 0 Å². The lowest BCUT2D eigenvalue weighted by atomic mass is 10.3. The van der Waals surface area contributed by atoms with Crippen LogP contribution in [0.4, 0.5) is 0 Å². The second-order valence-electron chi connectivity index (χ2n) is 7.70. The summed E-state index contributed by atoms with van der Waals surface area (Å²) >= 11 is 0. The molecule has 2 saturated heterocycles. The van der Waals surface area contributed by atoms with Crippen molar-refractivity contribution in [1.82, 2.24) is 0 Å². The maximum atomic E-state index is 2.41. The molecule has 2 aliphatic heterocycles. The summed E-state index contributed by atoms with van der Waals surface area (Å²) in [4.78, 5) is 0. The highest BCUT2D eigenvalue weighted by Crippen LogP contribution is 2.17. The SMILES string of the molecule is CCCC[N+]1(C)CCCC1.CCCC[N+]1(C)CCCC1.[Cl-].[Cl-]. The summed E-state index contributed by atoms with van der Waals surface area (Å²) in [6.45, 7) is 13.1. The van der Waals surface area contributed by atoms with Gasteiger partial charge < -0.3 is 33.8 Å². The lowest BCUT2D eigenvalue weighted by Crippen LogP contribution is -3.00. The third-order valence-corrected chi connectivity index (χ3v) is 5.39. The fraction of sp³-hybridized carbons (Fsp3) is 1.00. The summed E-state index contributed by atoms with van der Waals surface area (Å²) in [6, 6.07) is 0. The lowest BCUT2D eigenvalue weighted by Gasteiger charge is -2.28. The Balaban J connectivity index is 0. The van der Waals surface area contributed by atoms with Crippen molar-refractivity contribution in [3.63, 3.8) is 0 Å². The molecule has 0 aromatic rings. The minimum atomic E-state index is 0. The van der Waals surface area contributed by atoms with Gasteiger partial charge in [0.1, 0.15) is 0 Å². The van der Waals surface area contributed by atoms with E-state index in [1.807, 2.05) is 0 Å². The van der Waals surface area contributed by atoms with Gasteiger partial charge in [0.15, 0.2) is 0 Å². The van der Waals surface area contributed by atoms with Crippen LogP contribution in [0.1, 0.15) is 65.2 Å². The lowest BCUT2D eigenvalue weighted by molar-refractivity contribution is -0.897. The van der Waals surface area contributed by atoms with Gasteiger partial charge in [-0.25, -0.2) is 0 Å². The summed E-state index contributed by atoms with van der Waals surface area (Å²) in [5.41, 5.74) is 0. The van der Waals surface area contributed by atoms with Crippen molar-refractivity contribution in [2.75, 3.05) is 53.4 Å². The molecule has 0 N–H and O–H groups in total. The van der Waals surface area contributed by atoms with E-state index in [4.69, 9.17) is 0 Å². The van der Waals surface area contributed by atoms with Crippen LogP contribution in [0.5, 0.6) is 0 Å². The minimum Gasteiger partial charge on any atom is -1.00 e. The van der Waals surface area contributed by atoms with E-state index in [-0.39, 0.29) is 24.8 Å². The molecular formula is C18H40Cl2N2. The van der Waals surface area contributed by atoms with Gasteiger partial charge in [-0.1, -0.05) is 26.7 Å². The number of quaternary nitrogens is 2. The van der Waals surface area contributed by atoms with Crippen molar-refractivity contribution in [1.29, 1.82) is 0 Å². The fourth-order valence-corrected chi connectivity index (χ4v) is 3.72. The average molecular weight is 355 g/mol. The summed E-state index contributed by atoms with van der Waals surface area (Å²) in [5.74, 6) is 0. The molecule has 2 aliphatic rings. The first-order chi connectivity index (χ1) is 9.54. The van der Waals surface area contributed by atoms with Crippen LogP contribution in [0.15, 0.2) is 0 Å². The molecule has 0 unspecified atom stereocenters. The third-order valence-electron chi connectivity index (χ3n) is 5.39. The highest BCUT2D eigenvalue weighted by atomic mass is 35.5. The zero-order valence-electron chi connectivity index (χ0n) is 15.5. The highest BCUT2D eigenvalue weighted by molar-refractivity contribution is 4.52. The third kappa shape index (κ3) is 9.60. The molecule has 0 atom stereocenters. The van der Waals surface area contributed by atoms with Crippen molar-refractivity contribution >= 4 is 0 Å². The van der Waals surface area contributed by atoms with Gasteiger partial charge >= 0.3 is 0 Å². The predicted molar refractivity (Wildman–Crippen MR) is 89.9 cm³/mol. The van der Waals surface area contributed by atoms with Crippen LogP contribution in [0.2, 0.25) is 0 Å². The van der Waals surface area contributed by atoms with Crippen molar-refractivity contribution in [3.05, 3.63) is 0 Å². The standard InChI is InChI=1S/2C9H20N.2ClH/c2*1-3-4-7-10(2)8-5-6-9-10;;/h2*3-9H2,1-2H3;2*1H/q2*+1;;/p-2. The van der Waals surface area contributed by atoms with E-state index in [9.17, 15) is 0 Å².